The zero-order valence-electron chi connectivity index (χ0n) is 11.8. The van der Waals surface area contributed by atoms with E-state index in [1.54, 1.807) is 34.6 Å². The predicted octanol–water partition coefficient (Wildman–Crippen LogP) is 0.986. The van der Waals surface area contributed by atoms with Crippen LogP contribution in [-0.2, 0) is 14.2 Å². The number of hydrogen-bond acceptors (Lipinski definition) is 5. The zero-order chi connectivity index (χ0) is 14.1. The standard InChI is InChI=1S/C12H23BO5/c1-6-17-10(14)8-7-9(8)13(16)18-12(4,5)11(2,3)15/h8-9,15-16H,6-7H2,1-5H3. The lowest BCUT2D eigenvalue weighted by molar-refractivity contribution is -0.144. The molecule has 5 nitrogen and oxygen atoms in total. The van der Waals surface area contributed by atoms with Crippen molar-refractivity contribution in [1.82, 2.24) is 0 Å². The van der Waals surface area contributed by atoms with Crippen LogP contribution in [0, 0.1) is 5.92 Å². The number of rotatable bonds is 6. The van der Waals surface area contributed by atoms with Crippen LogP contribution in [0.15, 0.2) is 0 Å². The van der Waals surface area contributed by atoms with Crippen LogP contribution in [0.1, 0.15) is 41.0 Å². The molecule has 0 aromatic rings. The van der Waals surface area contributed by atoms with Crippen LogP contribution in [0.5, 0.6) is 0 Å². The lowest BCUT2D eigenvalue weighted by Gasteiger charge is -2.38. The summed E-state index contributed by atoms with van der Waals surface area (Å²) in [6, 6.07) is 0. The van der Waals surface area contributed by atoms with E-state index in [9.17, 15) is 14.9 Å². The fourth-order valence-corrected chi connectivity index (χ4v) is 1.58. The smallest absolute Gasteiger partial charge is 0.458 e. The van der Waals surface area contributed by atoms with Gasteiger partial charge in [0, 0.05) is 5.82 Å². The molecule has 6 heteroatoms. The van der Waals surface area contributed by atoms with E-state index >= 15 is 0 Å². The third kappa shape index (κ3) is 3.46. The Bertz CT molecular complexity index is 310. The first kappa shape index (κ1) is 15.5. The third-order valence-electron chi connectivity index (χ3n) is 3.68. The number of ether oxygens (including phenoxy) is 1. The van der Waals surface area contributed by atoms with Gasteiger partial charge in [0.15, 0.2) is 0 Å². The van der Waals surface area contributed by atoms with Gasteiger partial charge in [-0.15, -0.1) is 0 Å². The Labute approximate surface area is 109 Å². The van der Waals surface area contributed by atoms with Crippen molar-refractivity contribution in [3.05, 3.63) is 0 Å². The van der Waals surface area contributed by atoms with Crippen molar-refractivity contribution < 1.29 is 24.3 Å². The van der Waals surface area contributed by atoms with E-state index in [1.165, 1.54) is 0 Å². The molecule has 0 amide bonds. The Hall–Kier alpha value is -0.585. The maximum atomic E-state index is 11.4. The minimum absolute atomic E-state index is 0.231. The third-order valence-corrected chi connectivity index (χ3v) is 3.68. The van der Waals surface area contributed by atoms with Gasteiger partial charge in [-0.1, -0.05) is 0 Å². The molecule has 2 N–H and O–H groups in total. The second-order valence-electron chi connectivity index (χ2n) is 5.84. The van der Waals surface area contributed by atoms with E-state index < -0.39 is 18.3 Å². The van der Waals surface area contributed by atoms with Crippen LogP contribution in [0.3, 0.4) is 0 Å². The average molecular weight is 258 g/mol. The largest absolute Gasteiger partial charge is 0.466 e. The second kappa shape index (κ2) is 5.19. The zero-order valence-corrected chi connectivity index (χ0v) is 11.8. The Morgan fingerprint density at radius 3 is 2.39 bits per heavy atom. The summed E-state index contributed by atoms with van der Waals surface area (Å²) in [6.07, 6.45) is 0.571. The maximum Gasteiger partial charge on any atom is 0.458 e. The van der Waals surface area contributed by atoms with Crippen LogP contribution < -0.4 is 0 Å². The Morgan fingerprint density at radius 1 is 1.39 bits per heavy atom. The Balaban J connectivity index is 2.49. The molecule has 0 heterocycles. The summed E-state index contributed by atoms with van der Waals surface area (Å²) in [7, 11) is -1.05. The van der Waals surface area contributed by atoms with Gasteiger partial charge in [0.2, 0.25) is 0 Å². The van der Waals surface area contributed by atoms with Gasteiger partial charge in [0.25, 0.3) is 0 Å². The topological polar surface area (TPSA) is 76.0 Å². The van der Waals surface area contributed by atoms with E-state index in [1.807, 2.05) is 0 Å². The highest BCUT2D eigenvalue weighted by molar-refractivity contribution is 6.47. The molecule has 1 rings (SSSR count). The van der Waals surface area contributed by atoms with Gasteiger partial charge < -0.3 is 19.5 Å². The van der Waals surface area contributed by atoms with E-state index in [-0.39, 0.29) is 17.7 Å². The summed E-state index contributed by atoms with van der Waals surface area (Å²) < 4.78 is 10.4. The van der Waals surface area contributed by atoms with E-state index in [2.05, 4.69) is 0 Å². The van der Waals surface area contributed by atoms with Crippen LogP contribution in [0.4, 0.5) is 0 Å². The van der Waals surface area contributed by atoms with Crippen molar-refractivity contribution in [3.63, 3.8) is 0 Å². The first-order chi connectivity index (χ1) is 8.10. The highest BCUT2D eigenvalue weighted by Gasteiger charge is 2.54. The lowest BCUT2D eigenvalue weighted by Crippen LogP contribution is -2.50. The highest BCUT2D eigenvalue weighted by atomic mass is 16.6. The van der Waals surface area contributed by atoms with Gasteiger partial charge in [0.1, 0.15) is 0 Å². The van der Waals surface area contributed by atoms with E-state index in [4.69, 9.17) is 9.39 Å². The predicted molar refractivity (Wildman–Crippen MR) is 67.9 cm³/mol. The van der Waals surface area contributed by atoms with Crippen LogP contribution in [0.2, 0.25) is 5.82 Å². The van der Waals surface area contributed by atoms with Gasteiger partial charge in [-0.25, -0.2) is 0 Å². The molecule has 0 saturated heterocycles. The first-order valence-electron chi connectivity index (χ1n) is 6.35. The summed E-state index contributed by atoms with van der Waals surface area (Å²) in [6.45, 7) is 8.74. The molecule has 104 valence electrons. The number of aliphatic hydroxyl groups is 1. The molecule has 1 aliphatic carbocycles. The Kier molecular flexibility index (Phi) is 4.46. The fourth-order valence-electron chi connectivity index (χ4n) is 1.58. The highest BCUT2D eigenvalue weighted by Crippen LogP contribution is 2.48. The molecule has 18 heavy (non-hydrogen) atoms. The van der Waals surface area contributed by atoms with Crippen LogP contribution in [-0.4, -0.2) is 41.0 Å². The maximum absolute atomic E-state index is 11.4. The second-order valence-corrected chi connectivity index (χ2v) is 5.84. The van der Waals surface area contributed by atoms with Gasteiger partial charge in [-0.05, 0) is 41.0 Å². The van der Waals surface area contributed by atoms with E-state index in [0.717, 1.165) is 0 Å². The summed E-state index contributed by atoms with van der Waals surface area (Å²) >= 11 is 0. The van der Waals surface area contributed by atoms with Crippen molar-refractivity contribution in [3.8, 4) is 0 Å². The van der Waals surface area contributed by atoms with Gasteiger partial charge >= 0.3 is 13.1 Å². The summed E-state index contributed by atoms with van der Waals surface area (Å²) in [4.78, 5) is 11.4. The van der Waals surface area contributed by atoms with Crippen molar-refractivity contribution >= 4 is 13.1 Å². The summed E-state index contributed by atoms with van der Waals surface area (Å²) in [5, 5.41) is 19.9. The molecule has 1 aliphatic rings. The number of esters is 1. The summed E-state index contributed by atoms with van der Waals surface area (Å²) in [5.41, 5.74) is -1.98. The quantitative estimate of drug-likeness (QED) is 0.548. The molecule has 0 aromatic carbocycles. The molecule has 0 aliphatic heterocycles. The monoisotopic (exact) mass is 258 g/mol. The summed E-state index contributed by atoms with van der Waals surface area (Å²) in [5.74, 6) is -0.797. The fraction of sp³-hybridized carbons (Fsp3) is 0.917. The molecule has 0 spiro atoms. The number of carbonyl (C=O) groups is 1. The molecule has 0 radical (unpaired) electrons. The molecule has 0 aromatic heterocycles. The van der Waals surface area contributed by atoms with Crippen molar-refractivity contribution in [1.29, 1.82) is 0 Å². The molecule has 2 atom stereocenters. The Morgan fingerprint density at radius 2 is 1.94 bits per heavy atom. The SMILES string of the molecule is CCOC(=O)C1CC1B(O)OC(C)(C)C(C)(C)O. The van der Waals surface area contributed by atoms with Gasteiger partial charge in [-0.3, -0.25) is 4.79 Å². The molecule has 1 saturated carbocycles. The minimum Gasteiger partial charge on any atom is -0.466 e. The number of carbonyl (C=O) groups excluding carboxylic acids is 1. The molecular weight excluding hydrogens is 235 g/mol. The molecule has 1 fully saturated rings. The minimum atomic E-state index is -1.08. The molecule has 0 bridgehead atoms. The van der Waals surface area contributed by atoms with Gasteiger partial charge in [-0.2, -0.15) is 0 Å². The van der Waals surface area contributed by atoms with Crippen molar-refractivity contribution in [2.45, 2.75) is 58.1 Å². The first-order valence-corrected chi connectivity index (χ1v) is 6.35. The van der Waals surface area contributed by atoms with Crippen molar-refractivity contribution in [2.24, 2.45) is 5.92 Å². The molecular formula is C12H23BO5. The van der Waals surface area contributed by atoms with Gasteiger partial charge in [0.05, 0.1) is 23.7 Å². The molecule has 2 unspecified atom stereocenters. The van der Waals surface area contributed by atoms with E-state index in [0.29, 0.717) is 13.0 Å². The van der Waals surface area contributed by atoms with Crippen LogP contribution in [0.25, 0.3) is 0 Å². The number of hydrogen-bond donors (Lipinski definition) is 2. The van der Waals surface area contributed by atoms with Crippen LogP contribution >= 0.6 is 0 Å². The average Bonchev–Trinajstić information content (AvgIpc) is 2.94. The normalized spacial score (nSPS) is 23.7. The van der Waals surface area contributed by atoms with Crippen molar-refractivity contribution in [2.75, 3.05) is 6.61 Å². The lowest BCUT2D eigenvalue weighted by atomic mass is 9.77.